The Morgan fingerprint density at radius 3 is 1.14 bits per heavy atom. The zero-order valence-electron chi connectivity index (χ0n) is 3.99. The lowest BCUT2D eigenvalue weighted by Crippen LogP contribution is -1.65. The van der Waals surface area contributed by atoms with Crippen LogP contribution in [0.3, 0.4) is 0 Å². The molecule has 7 heteroatoms. The van der Waals surface area contributed by atoms with Gasteiger partial charge < -0.3 is 4.12 Å². The second-order valence-electron chi connectivity index (χ2n) is 0.600. The third-order valence-corrected chi connectivity index (χ3v) is 0. The third-order valence-electron chi connectivity index (χ3n) is 0. The largest absolute Gasteiger partial charge is 0.471 e. The van der Waals surface area contributed by atoms with Crippen LogP contribution in [0, 0.1) is 0 Å². The fourth-order valence-electron chi connectivity index (χ4n) is 0. The van der Waals surface area contributed by atoms with Crippen molar-refractivity contribution in [3.8, 4) is 0 Å². The van der Waals surface area contributed by atoms with Crippen molar-refractivity contribution in [1.29, 1.82) is 0 Å². The van der Waals surface area contributed by atoms with Gasteiger partial charge in [0, 0.05) is 0 Å². The molecule has 0 aromatic rings. The second kappa shape index (κ2) is 11.1. The van der Waals surface area contributed by atoms with Gasteiger partial charge in [-0.15, -0.1) is 0 Å². The molecule has 0 radical (unpaired) electrons. The van der Waals surface area contributed by atoms with Crippen molar-refractivity contribution >= 4 is 71.5 Å². The smallest absolute Gasteiger partial charge is 0.129 e. The van der Waals surface area contributed by atoms with Crippen LogP contribution in [0.5, 0.6) is 0 Å². The van der Waals surface area contributed by atoms with Gasteiger partial charge in [0.15, 0.2) is 0 Å². The summed E-state index contributed by atoms with van der Waals surface area (Å²) < 4.78 is 4.34. The van der Waals surface area contributed by atoms with Gasteiger partial charge in [0.05, 0.1) is 0 Å². The molecule has 7 heavy (non-hydrogen) atoms. The van der Waals surface area contributed by atoms with Gasteiger partial charge in [-0.25, -0.2) is 0 Å². The van der Waals surface area contributed by atoms with E-state index in [-0.39, 0.29) is 4.03 Å². The summed E-state index contributed by atoms with van der Waals surface area (Å²) >= 11 is 9.51. The Balaban J connectivity index is 0. The molecular weight excluding hydrogens is 343 g/mol. The van der Waals surface area contributed by atoms with Crippen LogP contribution in [0.4, 0.5) is 0 Å². The molecule has 0 heterocycles. The lowest BCUT2D eigenvalue weighted by Gasteiger charge is -1.70. The minimum atomic E-state index is -0.183. The topological polar surface area (TPSA) is 9.23 Å². The molecule has 0 saturated heterocycles. The molecule has 0 unspecified atom stereocenters. The van der Waals surface area contributed by atoms with E-state index >= 15 is 0 Å². The predicted molar refractivity (Wildman–Crippen MR) is 54.7 cm³/mol. The molecule has 0 fully saturated rings. The van der Waals surface area contributed by atoms with Gasteiger partial charge in [0.25, 0.3) is 0 Å². The van der Waals surface area contributed by atoms with Gasteiger partial charge in [-0.2, -0.15) is 0 Å². The maximum Gasteiger partial charge on any atom is 0.129 e. The van der Waals surface area contributed by atoms with Crippen LogP contribution < -0.4 is 0 Å². The summed E-state index contributed by atoms with van der Waals surface area (Å²) in [5.41, 5.74) is 0. The SMILES string of the molecule is BrP(Br)Br.[SiH3]O[SiH3]. The second-order valence-corrected chi connectivity index (χ2v) is 19.2. The van der Waals surface area contributed by atoms with Crippen molar-refractivity contribution in [2.75, 3.05) is 0 Å². The van der Waals surface area contributed by atoms with E-state index in [1.165, 1.54) is 0 Å². The van der Waals surface area contributed by atoms with E-state index in [9.17, 15) is 0 Å². The molecule has 0 saturated carbocycles. The van der Waals surface area contributed by atoms with E-state index in [0.29, 0.717) is 0 Å². The Labute approximate surface area is 75.0 Å². The van der Waals surface area contributed by atoms with Gasteiger partial charge in [-0.05, 0) is 46.5 Å². The Hall–Kier alpha value is 2.26. The summed E-state index contributed by atoms with van der Waals surface area (Å²) in [6.45, 7) is 0. The maximum absolute atomic E-state index is 4.53. The van der Waals surface area contributed by atoms with Crippen molar-refractivity contribution in [3.63, 3.8) is 0 Å². The van der Waals surface area contributed by atoms with Crippen LogP contribution in [0.2, 0.25) is 0 Å². The van der Waals surface area contributed by atoms with E-state index < -0.39 is 0 Å². The molecule has 0 rings (SSSR count). The first-order chi connectivity index (χ1) is 3.15. The highest BCUT2D eigenvalue weighted by molar-refractivity contribution is 9.93. The highest BCUT2D eigenvalue weighted by atomic mass is 80.0. The summed E-state index contributed by atoms with van der Waals surface area (Å²) in [4.78, 5) is 0. The van der Waals surface area contributed by atoms with Crippen LogP contribution in [0.15, 0.2) is 0 Å². The van der Waals surface area contributed by atoms with Crippen molar-refractivity contribution in [2.24, 2.45) is 0 Å². The Morgan fingerprint density at radius 1 is 1.14 bits per heavy atom. The molecule has 0 N–H and O–H groups in total. The molecule has 0 aliphatic rings. The fraction of sp³-hybridized carbons (Fsp3) is 0. The number of hydrogen-bond donors (Lipinski definition) is 0. The van der Waals surface area contributed by atoms with Crippen LogP contribution in [-0.2, 0) is 4.12 Å². The van der Waals surface area contributed by atoms with Gasteiger partial charge in [-0.1, -0.05) is 0 Å². The van der Waals surface area contributed by atoms with Crippen molar-refractivity contribution in [2.45, 2.75) is 0 Å². The van der Waals surface area contributed by atoms with E-state index in [2.05, 4.69) is 50.6 Å². The number of rotatable bonds is 0. The molecule has 0 amide bonds. The van der Waals surface area contributed by atoms with Gasteiger partial charge in [0.1, 0.15) is 25.0 Å². The minimum Gasteiger partial charge on any atom is -0.471 e. The van der Waals surface area contributed by atoms with E-state index in [1.54, 1.807) is 0 Å². The molecule has 0 bridgehead atoms. The van der Waals surface area contributed by atoms with Crippen LogP contribution in [0.25, 0.3) is 0 Å². The summed E-state index contributed by atoms with van der Waals surface area (Å²) in [5.74, 6) is 0. The van der Waals surface area contributed by atoms with Gasteiger partial charge >= 0.3 is 0 Å². The highest BCUT2D eigenvalue weighted by Gasteiger charge is 1.77. The highest BCUT2D eigenvalue weighted by Crippen LogP contribution is 2.59. The Bertz CT molecular complexity index is 24.1. The molecule has 46 valence electrons. The summed E-state index contributed by atoms with van der Waals surface area (Å²) in [5, 5.41) is 0. The maximum atomic E-state index is 4.53. The quantitative estimate of drug-likeness (QED) is 0.468. The van der Waals surface area contributed by atoms with E-state index in [1.807, 2.05) is 0 Å². The summed E-state index contributed by atoms with van der Waals surface area (Å²) in [6, 6.07) is 0. The molecule has 0 spiro atoms. The van der Waals surface area contributed by atoms with Crippen LogP contribution >= 0.6 is 50.5 Å². The minimum absolute atomic E-state index is 0.183. The number of halogens is 3. The molecule has 0 aromatic carbocycles. The molecule has 1 nitrogen and oxygen atoms in total. The fourth-order valence-corrected chi connectivity index (χ4v) is 0. The molecule has 0 atom stereocenters. The van der Waals surface area contributed by atoms with Gasteiger partial charge in [-0.3, -0.25) is 0 Å². The Kier molecular flexibility index (Phi) is 19.0. The molecule has 0 aromatic heterocycles. The lowest BCUT2D eigenvalue weighted by atomic mass is 15.8. The van der Waals surface area contributed by atoms with Crippen molar-refractivity contribution < 1.29 is 4.12 Å². The summed E-state index contributed by atoms with van der Waals surface area (Å²) in [6.07, 6.45) is 0. The predicted octanol–water partition coefficient (Wildman–Crippen LogP) is 0.962. The molecule has 0 aliphatic heterocycles. The average Bonchev–Trinajstić information content (AvgIpc) is 1.33. The standard InChI is InChI=1S/Br3P.H6OSi2/c1-4(2)3;2-1-3/h;2-3H3. The monoisotopic (exact) mass is 346 g/mol. The van der Waals surface area contributed by atoms with Crippen LogP contribution in [0.1, 0.15) is 0 Å². The first-order valence-corrected chi connectivity index (χ1v) is 10.4. The van der Waals surface area contributed by atoms with Crippen LogP contribution in [-0.4, -0.2) is 21.0 Å². The van der Waals surface area contributed by atoms with E-state index in [4.69, 9.17) is 0 Å². The lowest BCUT2D eigenvalue weighted by molar-refractivity contribution is 0.690. The normalized spacial score (nSPS) is 8.57. The van der Waals surface area contributed by atoms with Gasteiger partial charge in [0.2, 0.25) is 0 Å². The third kappa shape index (κ3) is 63.3. The first kappa shape index (κ1) is 12.0. The zero-order valence-corrected chi connectivity index (χ0v) is 13.6. The molecule has 0 aliphatic carbocycles. The number of hydrogen-bond acceptors (Lipinski definition) is 1. The zero-order chi connectivity index (χ0) is 6.28. The van der Waals surface area contributed by atoms with E-state index in [0.717, 1.165) is 21.0 Å². The molecular formula is H6Br3OPSi2. The van der Waals surface area contributed by atoms with Crippen molar-refractivity contribution in [1.82, 2.24) is 0 Å². The average molecular weight is 349 g/mol. The first-order valence-electron chi connectivity index (χ1n) is 1.32. The van der Waals surface area contributed by atoms with Crippen molar-refractivity contribution in [3.05, 3.63) is 0 Å². The Morgan fingerprint density at radius 2 is 1.14 bits per heavy atom. The summed E-state index contributed by atoms with van der Waals surface area (Å²) in [7, 11) is 1.86.